The highest BCUT2D eigenvalue weighted by atomic mass is 16.3. The maximum absolute atomic E-state index is 6.61. The number of furan rings is 1. The fourth-order valence-corrected chi connectivity index (χ4v) is 9.70. The van der Waals surface area contributed by atoms with Crippen LogP contribution in [0.4, 0.5) is 0 Å². The fraction of sp³-hybridized carbons (Fsp3) is 0.0172. The van der Waals surface area contributed by atoms with Gasteiger partial charge < -0.3 is 4.42 Å². The van der Waals surface area contributed by atoms with Gasteiger partial charge in [-0.25, -0.2) is 15.0 Å². The SMILES string of the molecule is c1ccc(-c2nc(-c3ccccc3-c3ccccc3)nc(-c3cccc4oc5ccc(-c6ccc7c(c6)C(c6ccccc6)(c6ccccc6)c6ccccc6-7)cc5c34)n2)cc1. The Kier molecular flexibility index (Phi) is 8.36. The van der Waals surface area contributed by atoms with Crippen LogP contribution in [0.3, 0.4) is 0 Å². The summed E-state index contributed by atoms with van der Waals surface area (Å²) >= 11 is 0. The van der Waals surface area contributed by atoms with Crippen molar-refractivity contribution < 1.29 is 4.42 Å². The zero-order chi connectivity index (χ0) is 41.0. The topological polar surface area (TPSA) is 51.8 Å². The van der Waals surface area contributed by atoms with Crippen molar-refractivity contribution in [1.82, 2.24) is 15.0 Å². The van der Waals surface area contributed by atoms with Crippen LogP contribution in [0.2, 0.25) is 0 Å². The number of hydrogen-bond donors (Lipinski definition) is 0. The van der Waals surface area contributed by atoms with E-state index in [1.807, 2.05) is 54.6 Å². The lowest BCUT2D eigenvalue weighted by Gasteiger charge is -2.34. The van der Waals surface area contributed by atoms with Crippen molar-refractivity contribution in [2.45, 2.75) is 5.41 Å². The van der Waals surface area contributed by atoms with Crippen molar-refractivity contribution in [3.8, 4) is 67.5 Å². The summed E-state index contributed by atoms with van der Waals surface area (Å²) in [6, 6.07) is 79.3. The van der Waals surface area contributed by atoms with Crippen molar-refractivity contribution in [2.75, 3.05) is 0 Å². The molecule has 0 amide bonds. The van der Waals surface area contributed by atoms with Gasteiger partial charge in [-0.1, -0.05) is 200 Å². The summed E-state index contributed by atoms with van der Waals surface area (Å²) in [4.78, 5) is 15.6. The summed E-state index contributed by atoms with van der Waals surface area (Å²) in [5, 5.41) is 1.97. The van der Waals surface area contributed by atoms with Gasteiger partial charge in [-0.2, -0.15) is 0 Å². The van der Waals surface area contributed by atoms with Gasteiger partial charge in [0.15, 0.2) is 17.5 Å². The molecular weight excluding hydrogens is 755 g/mol. The molecule has 1 aliphatic carbocycles. The van der Waals surface area contributed by atoms with Crippen LogP contribution in [0.5, 0.6) is 0 Å². The third-order valence-corrected chi connectivity index (χ3v) is 12.4. The van der Waals surface area contributed by atoms with Gasteiger partial charge in [0.05, 0.1) is 5.41 Å². The predicted octanol–water partition coefficient (Wildman–Crippen LogP) is 14.5. The van der Waals surface area contributed by atoms with Gasteiger partial charge in [-0.15, -0.1) is 0 Å². The van der Waals surface area contributed by atoms with Crippen molar-refractivity contribution in [1.29, 1.82) is 0 Å². The molecule has 0 unspecified atom stereocenters. The van der Waals surface area contributed by atoms with Gasteiger partial charge in [-0.3, -0.25) is 0 Å². The van der Waals surface area contributed by atoms with E-state index in [0.717, 1.165) is 60.9 Å². The standard InChI is InChI=1S/C58H37N3O/c1-5-18-38(19-6-1)44-26-13-14-28-47(44)56-59-55(39-20-7-2-8-21-39)60-57(61-56)48-29-17-31-53-54(48)49-36-40(33-35-52(49)62-53)41-32-34-46-45-27-15-16-30-50(45)58(51(46)37-41,42-22-9-3-10-23-42)43-24-11-4-12-25-43/h1-37H. The van der Waals surface area contributed by atoms with Crippen LogP contribution in [0.15, 0.2) is 229 Å². The summed E-state index contributed by atoms with van der Waals surface area (Å²) in [7, 11) is 0. The highest BCUT2D eigenvalue weighted by Gasteiger charge is 2.46. The van der Waals surface area contributed by atoms with Crippen LogP contribution in [-0.4, -0.2) is 15.0 Å². The Balaban J connectivity index is 1.05. The van der Waals surface area contributed by atoms with Crippen molar-refractivity contribution in [2.24, 2.45) is 0 Å². The molecule has 290 valence electrons. The largest absolute Gasteiger partial charge is 0.456 e. The summed E-state index contributed by atoms with van der Waals surface area (Å²) in [5.74, 6) is 1.80. The summed E-state index contributed by atoms with van der Waals surface area (Å²) in [6.07, 6.45) is 0. The monoisotopic (exact) mass is 791 g/mol. The predicted molar refractivity (Wildman–Crippen MR) is 252 cm³/mol. The minimum absolute atomic E-state index is 0.490. The second-order valence-corrected chi connectivity index (χ2v) is 15.9. The molecule has 0 spiro atoms. The number of fused-ring (bicyclic) bond motifs is 6. The number of nitrogens with zero attached hydrogens (tertiary/aromatic N) is 3. The van der Waals surface area contributed by atoms with E-state index in [2.05, 4.69) is 170 Å². The van der Waals surface area contributed by atoms with Crippen LogP contribution in [0, 0.1) is 0 Å². The molecule has 0 radical (unpaired) electrons. The molecule has 0 fully saturated rings. The number of aromatic nitrogens is 3. The van der Waals surface area contributed by atoms with E-state index in [1.54, 1.807) is 0 Å². The van der Waals surface area contributed by atoms with Crippen LogP contribution in [0.1, 0.15) is 22.3 Å². The average Bonchev–Trinajstić information content (AvgIpc) is 3.88. The molecule has 12 rings (SSSR count). The third-order valence-electron chi connectivity index (χ3n) is 12.4. The first kappa shape index (κ1) is 35.7. The van der Waals surface area contributed by atoms with E-state index >= 15 is 0 Å². The molecule has 0 saturated heterocycles. The van der Waals surface area contributed by atoms with Gasteiger partial charge in [0.25, 0.3) is 0 Å². The molecule has 0 saturated carbocycles. The van der Waals surface area contributed by atoms with Crippen LogP contribution in [0.25, 0.3) is 89.5 Å². The van der Waals surface area contributed by atoms with Crippen LogP contribution < -0.4 is 0 Å². The van der Waals surface area contributed by atoms with Gasteiger partial charge in [-0.05, 0) is 79.9 Å². The van der Waals surface area contributed by atoms with Crippen molar-refractivity contribution in [3.05, 3.63) is 247 Å². The smallest absolute Gasteiger partial charge is 0.164 e. The van der Waals surface area contributed by atoms with E-state index in [-0.39, 0.29) is 0 Å². The first-order valence-corrected chi connectivity index (χ1v) is 21.0. The molecule has 1 aliphatic rings. The normalized spacial score (nSPS) is 12.6. The first-order valence-electron chi connectivity index (χ1n) is 21.0. The van der Waals surface area contributed by atoms with E-state index in [1.165, 1.54) is 33.4 Å². The number of benzene rings is 9. The van der Waals surface area contributed by atoms with Gasteiger partial charge in [0.2, 0.25) is 0 Å². The zero-order valence-corrected chi connectivity index (χ0v) is 33.6. The molecule has 9 aromatic carbocycles. The average molecular weight is 792 g/mol. The Morgan fingerprint density at radius 3 is 1.53 bits per heavy atom. The number of hydrogen-bond acceptors (Lipinski definition) is 4. The quantitative estimate of drug-likeness (QED) is 0.161. The lowest BCUT2D eigenvalue weighted by molar-refractivity contribution is 0.669. The molecule has 62 heavy (non-hydrogen) atoms. The van der Waals surface area contributed by atoms with Crippen molar-refractivity contribution in [3.63, 3.8) is 0 Å². The molecule has 0 aliphatic heterocycles. The minimum Gasteiger partial charge on any atom is -0.456 e. The fourth-order valence-electron chi connectivity index (χ4n) is 9.70. The highest BCUT2D eigenvalue weighted by molar-refractivity contribution is 6.13. The zero-order valence-electron chi connectivity index (χ0n) is 33.6. The summed E-state index contributed by atoms with van der Waals surface area (Å²) in [5.41, 5.74) is 15.8. The van der Waals surface area contributed by atoms with Crippen LogP contribution in [-0.2, 0) is 5.41 Å². The molecular formula is C58H37N3O. The molecule has 0 N–H and O–H groups in total. The summed E-state index contributed by atoms with van der Waals surface area (Å²) in [6.45, 7) is 0. The maximum Gasteiger partial charge on any atom is 0.164 e. The Hall–Kier alpha value is -8.21. The van der Waals surface area contributed by atoms with Crippen LogP contribution >= 0.6 is 0 Å². The van der Waals surface area contributed by atoms with E-state index < -0.39 is 5.41 Å². The number of rotatable bonds is 7. The molecule has 0 bridgehead atoms. The lowest BCUT2D eigenvalue weighted by atomic mass is 9.67. The van der Waals surface area contributed by atoms with E-state index in [9.17, 15) is 0 Å². The second-order valence-electron chi connectivity index (χ2n) is 15.9. The molecule has 0 atom stereocenters. The first-order chi connectivity index (χ1) is 30.7. The Labute approximate surface area is 359 Å². The van der Waals surface area contributed by atoms with Gasteiger partial charge in [0, 0.05) is 27.5 Å². The second kappa shape index (κ2) is 14.5. The van der Waals surface area contributed by atoms with E-state index in [4.69, 9.17) is 19.4 Å². The molecule has 11 aromatic rings. The highest BCUT2D eigenvalue weighted by Crippen LogP contribution is 2.56. The van der Waals surface area contributed by atoms with Gasteiger partial charge in [0.1, 0.15) is 11.2 Å². The lowest BCUT2D eigenvalue weighted by Crippen LogP contribution is -2.28. The molecule has 4 nitrogen and oxygen atoms in total. The Morgan fingerprint density at radius 1 is 0.306 bits per heavy atom. The molecule has 4 heteroatoms. The van der Waals surface area contributed by atoms with Gasteiger partial charge >= 0.3 is 0 Å². The minimum atomic E-state index is -0.490. The third kappa shape index (κ3) is 5.65. The summed E-state index contributed by atoms with van der Waals surface area (Å²) < 4.78 is 6.61. The molecule has 2 aromatic heterocycles. The maximum atomic E-state index is 6.61. The molecule has 2 heterocycles. The Bertz CT molecular complexity index is 3410. The Morgan fingerprint density at radius 2 is 0.823 bits per heavy atom. The van der Waals surface area contributed by atoms with Crippen molar-refractivity contribution >= 4 is 21.9 Å². The van der Waals surface area contributed by atoms with E-state index in [0.29, 0.717) is 17.5 Å².